The van der Waals surface area contributed by atoms with E-state index in [2.05, 4.69) is 0 Å². The summed E-state index contributed by atoms with van der Waals surface area (Å²) in [5, 5.41) is 0. The number of nitrogens with two attached hydrogens (primary N) is 1. The minimum Gasteiger partial charge on any atom is -0.466 e. The van der Waals surface area contributed by atoms with Gasteiger partial charge in [-0.25, -0.2) is 0 Å². The minimum atomic E-state index is -0.219. The predicted octanol–water partition coefficient (Wildman–Crippen LogP) is 2.24. The van der Waals surface area contributed by atoms with Gasteiger partial charge < -0.3 is 10.5 Å². The van der Waals surface area contributed by atoms with Gasteiger partial charge in [-0.05, 0) is 18.6 Å². The van der Waals surface area contributed by atoms with E-state index in [0.29, 0.717) is 12.3 Å². The number of carbonyl (C=O) groups excluding carboxylic acids is 1. The van der Waals surface area contributed by atoms with Crippen LogP contribution in [-0.2, 0) is 9.53 Å². The van der Waals surface area contributed by atoms with Crippen LogP contribution in [0.2, 0.25) is 0 Å². The first-order valence-corrected chi connectivity index (χ1v) is 4.90. The second-order valence-corrected chi connectivity index (χ2v) is 3.04. The molecule has 0 amide bonds. The molecule has 80 valence electrons. The standard InChI is InChI=1S/C12H15NO2/c1-2-15-12(14)9-5-7-10-6-3-4-8-11(10)13/h3-8H,2,9,13H2,1H3. The number of rotatable bonds is 4. The highest BCUT2D eigenvalue weighted by atomic mass is 16.5. The van der Waals surface area contributed by atoms with Crippen LogP contribution in [0, 0.1) is 0 Å². The molecule has 3 nitrogen and oxygen atoms in total. The van der Waals surface area contributed by atoms with E-state index in [4.69, 9.17) is 10.5 Å². The Morgan fingerprint density at radius 3 is 2.87 bits per heavy atom. The van der Waals surface area contributed by atoms with Gasteiger partial charge in [-0.1, -0.05) is 30.4 Å². The molecule has 3 heteroatoms. The first-order valence-electron chi connectivity index (χ1n) is 4.90. The quantitative estimate of drug-likeness (QED) is 0.605. The third kappa shape index (κ3) is 3.85. The lowest BCUT2D eigenvalue weighted by molar-refractivity contribution is -0.142. The lowest BCUT2D eigenvalue weighted by Crippen LogP contribution is -2.01. The molecule has 0 bridgehead atoms. The molecular weight excluding hydrogens is 190 g/mol. The largest absolute Gasteiger partial charge is 0.466 e. The number of hydrogen-bond acceptors (Lipinski definition) is 3. The predicted molar refractivity (Wildman–Crippen MR) is 61.1 cm³/mol. The zero-order valence-corrected chi connectivity index (χ0v) is 8.77. The van der Waals surface area contributed by atoms with Crippen LogP contribution in [0.5, 0.6) is 0 Å². The average molecular weight is 205 g/mol. The van der Waals surface area contributed by atoms with Crippen molar-refractivity contribution in [3.63, 3.8) is 0 Å². The van der Waals surface area contributed by atoms with Gasteiger partial charge in [0.05, 0.1) is 13.0 Å². The molecule has 0 atom stereocenters. The molecule has 0 saturated carbocycles. The van der Waals surface area contributed by atoms with Crippen molar-refractivity contribution < 1.29 is 9.53 Å². The van der Waals surface area contributed by atoms with Crippen LogP contribution in [0.4, 0.5) is 5.69 Å². The zero-order chi connectivity index (χ0) is 11.1. The molecule has 0 radical (unpaired) electrons. The number of nitrogen functional groups attached to an aromatic ring is 1. The lowest BCUT2D eigenvalue weighted by atomic mass is 10.1. The first kappa shape index (κ1) is 11.3. The number of esters is 1. The Kier molecular flexibility index (Phi) is 4.41. The van der Waals surface area contributed by atoms with Crippen molar-refractivity contribution in [1.82, 2.24) is 0 Å². The van der Waals surface area contributed by atoms with E-state index in [1.807, 2.05) is 30.3 Å². The maximum Gasteiger partial charge on any atom is 0.309 e. The van der Waals surface area contributed by atoms with Crippen molar-refractivity contribution in [3.8, 4) is 0 Å². The average Bonchev–Trinajstić information content (AvgIpc) is 2.21. The van der Waals surface area contributed by atoms with Gasteiger partial charge in [-0.3, -0.25) is 4.79 Å². The second-order valence-electron chi connectivity index (χ2n) is 3.04. The number of para-hydroxylation sites is 1. The van der Waals surface area contributed by atoms with E-state index in [0.717, 1.165) is 5.56 Å². The number of hydrogen-bond donors (Lipinski definition) is 1. The van der Waals surface area contributed by atoms with Crippen LogP contribution in [0.3, 0.4) is 0 Å². The van der Waals surface area contributed by atoms with Crippen LogP contribution < -0.4 is 5.73 Å². The van der Waals surface area contributed by atoms with Crippen LogP contribution >= 0.6 is 0 Å². The monoisotopic (exact) mass is 205 g/mol. The van der Waals surface area contributed by atoms with Gasteiger partial charge in [-0.15, -0.1) is 0 Å². The Morgan fingerprint density at radius 1 is 1.47 bits per heavy atom. The van der Waals surface area contributed by atoms with E-state index in [1.165, 1.54) is 0 Å². The smallest absolute Gasteiger partial charge is 0.309 e. The third-order valence-corrected chi connectivity index (χ3v) is 1.88. The Balaban J connectivity index is 2.52. The van der Waals surface area contributed by atoms with Crippen LogP contribution in [0.25, 0.3) is 6.08 Å². The summed E-state index contributed by atoms with van der Waals surface area (Å²) in [4.78, 5) is 11.0. The summed E-state index contributed by atoms with van der Waals surface area (Å²) in [6.45, 7) is 2.21. The van der Waals surface area contributed by atoms with E-state index < -0.39 is 0 Å². The van der Waals surface area contributed by atoms with Crippen molar-refractivity contribution in [2.45, 2.75) is 13.3 Å². The van der Waals surface area contributed by atoms with Crippen LogP contribution in [0.1, 0.15) is 18.9 Å². The fourth-order valence-electron chi connectivity index (χ4n) is 1.16. The highest BCUT2D eigenvalue weighted by Gasteiger charge is 1.97. The summed E-state index contributed by atoms with van der Waals surface area (Å²) in [6, 6.07) is 7.50. The van der Waals surface area contributed by atoms with Gasteiger partial charge >= 0.3 is 5.97 Å². The molecule has 2 N–H and O–H groups in total. The Labute approximate surface area is 89.5 Å². The highest BCUT2D eigenvalue weighted by molar-refractivity contribution is 5.73. The van der Waals surface area contributed by atoms with Crippen molar-refractivity contribution in [2.24, 2.45) is 0 Å². The van der Waals surface area contributed by atoms with Gasteiger partial charge in [0.25, 0.3) is 0 Å². The molecule has 0 aromatic heterocycles. The molecular formula is C12H15NO2. The number of benzene rings is 1. The number of ether oxygens (including phenoxy) is 1. The van der Waals surface area contributed by atoms with Gasteiger partial charge in [0.15, 0.2) is 0 Å². The van der Waals surface area contributed by atoms with Gasteiger partial charge in [0.2, 0.25) is 0 Å². The van der Waals surface area contributed by atoms with E-state index in [1.54, 1.807) is 13.0 Å². The summed E-state index contributed by atoms with van der Waals surface area (Å²) in [5.74, 6) is -0.219. The topological polar surface area (TPSA) is 52.3 Å². The third-order valence-electron chi connectivity index (χ3n) is 1.88. The van der Waals surface area contributed by atoms with Crippen molar-refractivity contribution >= 4 is 17.7 Å². The highest BCUT2D eigenvalue weighted by Crippen LogP contribution is 2.12. The molecule has 0 aliphatic heterocycles. The fraction of sp³-hybridized carbons (Fsp3) is 0.250. The fourth-order valence-corrected chi connectivity index (χ4v) is 1.16. The van der Waals surface area contributed by atoms with E-state index >= 15 is 0 Å². The van der Waals surface area contributed by atoms with Gasteiger partial charge in [0, 0.05) is 5.69 Å². The molecule has 1 rings (SSSR count). The molecule has 0 unspecified atom stereocenters. The molecule has 1 aromatic carbocycles. The van der Waals surface area contributed by atoms with E-state index in [-0.39, 0.29) is 12.4 Å². The molecule has 0 heterocycles. The molecule has 0 fully saturated rings. The summed E-state index contributed by atoms with van der Waals surface area (Å²) in [5.41, 5.74) is 7.35. The van der Waals surface area contributed by atoms with E-state index in [9.17, 15) is 4.79 Å². The summed E-state index contributed by atoms with van der Waals surface area (Å²) < 4.78 is 4.79. The van der Waals surface area contributed by atoms with Crippen molar-refractivity contribution in [3.05, 3.63) is 35.9 Å². The SMILES string of the molecule is CCOC(=O)CC=Cc1ccccc1N. The molecule has 0 spiro atoms. The van der Waals surface area contributed by atoms with Crippen LogP contribution in [0.15, 0.2) is 30.3 Å². The summed E-state index contributed by atoms with van der Waals surface area (Å²) in [6.07, 6.45) is 3.86. The maximum atomic E-state index is 11.0. The minimum absolute atomic E-state index is 0.219. The maximum absolute atomic E-state index is 11.0. The first-order chi connectivity index (χ1) is 7.24. The zero-order valence-electron chi connectivity index (χ0n) is 8.77. The van der Waals surface area contributed by atoms with Crippen molar-refractivity contribution in [2.75, 3.05) is 12.3 Å². The Hall–Kier alpha value is -1.77. The molecule has 0 saturated heterocycles. The summed E-state index contributed by atoms with van der Waals surface area (Å²) >= 11 is 0. The molecule has 1 aromatic rings. The number of carbonyl (C=O) groups is 1. The normalized spacial score (nSPS) is 10.5. The Morgan fingerprint density at radius 2 is 2.20 bits per heavy atom. The molecule has 0 aliphatic rings. The van der Waals surface area contributed by atoms with Crippen LogP contribution in [-0.4, -0.2) is 12.6 Å². The Bertz CT molecular complexity index is 358. The summed E-state index contributed by atoms with van der Waals surface area (Å²) in [7, 11) is 0. The molecule has 0 aliphatic carbocycles. The number of anilines is 1. The van der Waals surface area contributed by atoms with Crippen molar-refractivity contribution in [1.29, 1.82) is 0 Å². The lowest BCUT2D eigenvalue weighted by Gasteiger charge is -1.99. The second kappa shape index (κ2) is 5.86. The van der Waals surface area contributed by atoms with Gasteiger partial charge in [-0.2, -0.15) is 0 Å². The van der Waals surface area contributed by atoms with Gasteiger partial charge in [0.1, 0.15) is 0 Å². The molecule has 15 heavy (non-hydrogen) atoms.